The maximum Gasteiger partial charge on any atom is 0.338 e. The van der Waals surface area contributed by atoms with E-state index in [0.29, 0.717) is 6.61 Å². The van der Waals surface area contributed by atoms with Crippen LogP contribution >= 0.6 is 0 Å². The van der Waals surface area contributed by atoms with Crippen molar-refractivity contribution in [2.45, 2.75) is 13.3 Å². The van der Waals surface area contributed by atoms with Crippen LogP contribution in [0.2, 0.25) is 0 Å². The summed E-state index contributed by atoms with van der Waals surface area (Å²) in [5, 5.41) is 0. The van der Waals surface area contributed by atoms with Gasteiger partial charge in [0.25, 0.3) is 0 Å². The van der Waals surface area contributed by atoms with Gasteiger partial charge < -0.3 is 4.74 Å². The van der Waals surface area contributed by atoms with Gasteiger partial charge in [0, 0.05) is 0 Å². The van der Waals surface area contributed by atoms with Gasteiger partial charge in [-0.25, -0.2) is 9.18 Å². The maximum absolute atomic E-state index is 12.6. The molecule has 0 bridgehead atoms. The van der Waals surface area contributed by atoms with Crippen LogP contribution in [0.5, 0.6) is 0 Å². The summed E-state index contributed by atoms with van der Waals surface area (Å²) in [6.07, 6.45) is 0.765. The molecule has 0 heterocycles. The van der Waals surface area contributed by atoms with Crippen LogP contribution in [0.1, 0.15) is 23.7 Å². The summed E-state index contributed by atoms with van der Waals surface area (Å²) >= 11 is 0. The molecule has 1 aromatic rings. The van der Waals surface area contributed by atoms with Gasteiger partial charge in [-0.3, -0.25) is 0 Å². The average molecular weight is 182 g/mol. The Hall–Kier alpha value is -1.38. The fraction of sp³-hybridized carbons (Fsp3) is 0.300. The van der Waals surface area contributed by atoms with E-state index in [9.17, 15) is 9.18 Å². The van der Waals surface area contributed by atoms with E-state index in [1.807, 2.05) is 6.92 Å². The zero-order valence-corrected chi connectivity index (χ0v) is 7.42. The third kappa shape index (κ3) is 2.86. The molecule has 0 unspecified atom stereocenters. The molecule has 0 aliphatic heterocycles. The minimum Gasteiger partial charge on any atom is -0.462 e. The number of carbonyl (C=O) groups is 1. The Balaban J connectivity index is 2.66. The number of hydrogen-bond acceptors (Lipinski definition) is 2. The number of ether oxygens (including phenoxy) is 1. The fourth-order valence-electron chi connectivity index (χ4n) is 0.894. The topological polar surface area (TPSA) is 26.3 Å². The lowest BCUT2D eigenvalue weighted by Gasteiger charge is -2.02. The van der Waals surface area contributed by atoms with Crippen LogP contribution in [0.4, 0.5) is 4.39 Å². The van der Waals surface area contributed by atoms with Crippen LogP contribution in [0, 0.1) is 5.82 Å². The molecule has 0 aliphatic rings. The summed E-state index contributed by atoms with van der Waals surface area (Å²) in [6.45, 7) is 2.27. The highest BCUT2D eigenvalue weighted by molar-refractivity contribution is 5.89. The van der Waals surface area contributed by atoms with E-state index in [1.54, 1.807) is 0 Å². The van der Waals surface area contributed by atoms with Crippen molar-refractivity contribution in [1.82, 2.24) is 0 Å². The quantitative estimate of drug-likeness (QED) is 0.671. The van der Waals surface area contributed by atoms with Crippen molar-refractivity contribution in [3.8, 4) is 0 Å². The molecule has 0 amide bonds. The van der Waals surface area contributed by atoms with E-state index >= 15 is 0 Å². The molecule has 0 aromatic heterocycles. The molecule has 70 valence electrons. The highest BCUT2D eigenvalue weighted by atomic mass is 19.1. The largest absolute Gasteiger partial charge is 0.462 e. The van der Waals surface area contributed by atoms with Gasteiger partial charge in [-0.1, -0.05) is 13.0 Å². The molecule has 0 N–H and O–H groups in total. The summed E-state index contributed by atoms with van der Waals surface area (Å²) in [6, 6.07) is 5.47. The first-order chi connectivity index (χ1) is 6.24. The fourth-order valence-corrected chi connectivity index (χ4v) is 0.894. The summed E-state index contributed by atoms with van der Waals surface area (Å²) < 4.78 is 17.5. The molecule has 0 spiro atoms. The van der Waals surface area contributed by atoms with Crippen LogP contribution < -0.4 is 0 Å². The minimum absolute atomic E-state index is 0.258. The third-order valence-electron chi connectivity index (χ3n) is 1.50. The molecule has 2 nitrogen and oxygen atoms in total. The van der Waals surface area contributed by atoms with E-state index in [1.165, 1.54) is 18.2 Å². The molecule has 13 heavy (non-hydrogen) atoms. The second-order valence-electron chi connectivity index (χ2n) is 2.65. The number of benzene rings is 1. The van der Waals surface area contributed by atoms with Gasteiger partial charge in [-0.15, -0.1) is 0 Å². The lowest BCUT2D eigenvalue weighted by atomic mass is 10.2. The average Bonchev–Trinajstić information content (AvgIpc) is 2.14. The Morgan fingerprint density at radius 1 is 1.54 bits per heavy atom. The molecule has 0 aliphatic carbocycles. The molecule has 0 saturated heterocycles. The molecule has 0 radical (unpaired) electrons. The zero-order valence-electron chi connectivity index (χ0n) is 7.42. The van der Waals surface area contributed by atoms with Crippen LogP contribution in [-0.2, 0) is 4.74 Å². The van der Waals surface area contributed by atoms with Gasteiger partial charge in [0.05, 0.1) is 12.2 Å². The lowest BCUT2D eigenvalue weighted by Crippen LogP contribution is -2.05. The van der Waals surface area contributed by atoms with Gasteiger partial charge in [0.2, 0.25) is 0 Å². The third-order valence-corrected chi connectivity index (χ3v) is 1.50. The van der Waals surface area contributed by atoms with Crippen molar-refractivity contribution in [1.29, 1.82) is 0 Å². The summed E-state index contributed by atoms with van der Waals surface area (Å²) in [5.74, 6) is -0.896. The first kappa shape index (κ1) is 9.71. The van der Waals surface area contributed by atoms with E-state index in [-0.39, 0.29) is 5.56 Å². The van der Waals surface area contributed by atoms with Gasteiger partial charge in [-0.2, -0.15) is 0 Å². The second-order valence-corrected chi connectivity index (χ2v) is 2.65. The van der Waals surface area contributed by atoms with Gasteiger partial charge in [0.1, 0.15) is 5.82 Å². The highest BCUT2D eigenvalue weighted by Crippen LogP contribution is 2.05. The summed E-state index contributed by atoms with van der Waals surface area (Å²) in [7, 11) is 0. The van der Waals surface area contributed by atoms with Crippen LogP contribution in [0.3, 0.4) is 0 Å². The second kappa shape index (κ2) is 4.60. The molecule has 0 atom stereocenters. The van der Waals surface area contributed by atoms with Crippen molar-refractivity contribution in [3.63, 3.8) is 0 Å². The highest BCUT2D eigenvalue weighted by Gasteiger charge is 2.06. The Morgan fingerprint density at radius 2 is 2.31 bits per heavy atom. The maximum atomic E-state index is 12.6. The number of rotatable bonds is 3. The van der Waals surface area contributed by atoms with Gasteiger partial charge >= 0.3 is 5.97 Å². The molecule has 0 saturated carbocycles. The van der Waals surface area contributed by atoms with Gasteiger partial charge in [0.15, 0.2) is 0 Å². The number of hydrogen-bond donors (Lipinski definition) is 0. The van der Waals surface area contributed by atoms with E-state index in [4.69, 9.17) is 4.74 Å². The van der Waals surface area contributed by atoms with Crippen molar-refractivity contribution < 1.29 is 13.9 Å². The van der Waals surface area contributed by atoms with Crippen molar-refractivity contribution >= 4 is 5.97 Å². The molecule has 0 fully saturated rings. The summed E-state index contributed by atoms with van der Waals surface area (Å²) in [4.78, 5) is 11.2. The predicted molar refractivity (Wildman–Crippen MR) is 47.0 cm³/mol. The van der Waals surface area contributed by atoms with Crippen molar-refractivity contribution in [2.75, 3.05) is 6.61 Å². The molecule has 1 rings (SSSR count). The smallest absolute Gasteiger partial charge is 0.338 e. The van der Waals surface area contributed by atoms with Crippen LogP contribution in [0.25, 0.3) is 0 Å². The predicted octanol–water partition coefficient (Wildman–Crippen LogP) is 2.39. The first-order valence-electron chi connectivity index (χ1n) is 4.16. The summed E-state index contributed by atoms with van der Waals surface area (Å²) in [5.41, 5.74) is 0.258. The molecular weight excluding hydrogens is 171 g/mol. The standard InChI is InChI=1S/C10H11FO2/c1-2-6-13-10(12)8-4-3-5-9(11)7-8/h3-5,7H,2,6H2,1H3. The Bertz CT molecular complexity index is 297. The Morgan fingerprint density at radius 3 is 2.92 bits per heavy atom. The number of esters is 1. The van der Waals surface area contributed by atoms with Crippen molar-refractivity contribution in [2.24, 2.45) is 0 Å². The molecular formula is C10H11FO2. The van der Waals surface area contributed by atoms with Crippen LogP contribution in [0.15, 0.2) is 24.3 Å². The zero-order chi connectivity index (χ0) is 9.68. The van der Waals surface area contributed by atoms with E-state index in [0.717, 1.165) is 12.5 Å². The monoisotopic (exact) mass is 182 g/mol. The lowest BCUT2D eigenvalue weighted by molar-refractivity contribution is 0.0504. The van der Waals surface area contributed by atoms with Crippen LogP contribution in [-0.4, -0.2) is 12.6 Å². The molecule has 1 aromatic carbocycles. The normalized spacial score (nSPS) is 9.69. The molecule has 3 heteroatoms. The number of carbonyl (C=O) groups excluding carboxylic acids is 1. The first-order valence-corrected chi connectivity index (χ1v) is 4.16. The Kier molecular flexibility index (Phi) is 3.43. The number of halogens is 1. The van der Waals surface area contributed by atoms with E-state index < -0.39 is 11.8 Å². The SMILES string of the molecule is CCCOC(=O)c1cccc(F)c1. The Labute approximate surface area is 76.3 Å². The van der Waals surface area contributed by atoms with Crippen molar-refractivity contribution in [3.05, 3.63) is 35.6 Å². The van der Waals surface area contributed by atoms with E-state index in [2.05, 4.69) is 0 Å². The minimum atomic E-state index is -0.471. The van der Waals surface area contributed by atoms with Gasteiger partial charge in [-0.05, 0) is 24.6 Å².